The first-order valence-electron chi connectivity index (χ1n) is 10.2. The minimum atomic E-state index is -1.41. The summed E-state index contributed by atoms with van der Waals surface area (Å²) >= 11 is 0. The Balaban J connectivity index is 2.58. The molecule has 0 atom stereocenters. The third kappa shape index (κ3) is 10.6. The van der Waals surface area contributed by atoms with E-state index in [1.54, 1.807) is 40.7 Å². The van der Waals surface area contributed by atoms with Gasteiger partial charge in [-0.15, -0.1) is 0 Å². The van der Waals surface area contributed by atoms with Gasteiger partial charge in [-0.05, 0) is 45.2 Å². The number of alkyl carbamates (subject to hydrolysis) is 1. The first-order valence-corrected chi connectivity index (χ1v) is 10.2. The van der Waals surface area contributed by atoms with Crippen LogP contribution >= 0.6 is 0 Å². The number of anilines is 1. The minimum Gasteiger partial charge on any atom is -0.444 e. The van der Waals surface area contributed by atoms with Crippen molar-refractivity contribution in [3.63, 3.8) is 0 Å². The van der Waals surface area contributed by atoms with Crippen molar-refractivity contribution in [2.45, 2.75) is 53.1 Å². The molecule has 1 aromatic rings. The highest BCUT2D eigenvalue weighted by Gasteiger charge is 2.25. The van der Waals surface area contributed by atoms with Gasteiger partial charge in [0.05, 0.1) is 17.9 Å². The molecule has 0 aliphatic carbocycles. The molecule has 0 spiro atoms. The summed E-state index contributed by atoms with van der Waals surface area (Å²) in [4.78, 5) is 59.6. The molecule has 0 radical (unpaired) electrons. The molecule has 0 aliphatic heterocycles. The molecule has 0 saturated carbocycles. The maximum Gasteiger partial charge on any atom is 0.516 e. The van der Waals surface area contributed by atoms with Crippen molar-refractivity contribution in [2.75, 3.05) is 18.5 Å². The summed E-state index contributed by atoms with van der Waals surface area (Å²) in [5, 5.41) is 5.08. The van der Waals surface area contributed by atoms with Crippen LogP contribution in [0.1, 0.15) is 57.8 Å². The van der Waals surface area contributed by atoms with E-state index in [4.69, 9.17) is 9.47 Å². The van der Waals surface area contributed by atoms with E-state index in [9.17, 15) is 24.0 Å². The first-order chi connectivity index (χ1) is 14.9. The fraction of sp³-hybridized carbons (Fsp3) is 0.500. The fourth-order valence-electron chi connectivity index (χ4n) is 2.25. The lowest BCUT2D eigenvalue weighted by Crippen LogP contribution is -2.33. The Morgan fingerprint density at radius 3 is 2.31 bits per heavy atom. The number of Topliss-reactive ketones (excluding diaryl/α,β-unsaturated/α-hetero) is 1. The number of ether oxygens (including phenoxy) is 3. The number of hydrogen-bond acceptors (Lipinski definition) is 8. The van der Waals surface area contributed by atoms with Crippen molar-refractivity contribution < 1.29 is 38.2 Å². The number of amides is 2. The lowest BCUT2D eigenvalue weighted by molar-refractivity contribution is -0.134. The molecule has 10 nitrogen and oxygen atoms in total. The van der Waals surface area contributed by atoms with Crippen molar-refractivity contribution in [3.05, 3.63) is 29.8 Å². The topological polar surface area (TPSA) is 137 Å². The molecule has 0 fully saturated rings. The van der Waals surface area contributed by atoms with E-state index in [1.807, 2.05) is 0 Å². The monoisotopic (exact) mass is 450 g/mol. The second kappa shape index (κ2) is 12.4. The Morgan fingerprint density at radius 2 is 1.69 bits per heavy atom. The zero-order valence-corrected chi connectivity index (χ0v) is 19.0. The Morgan fingerprint density at radius 1 is 1.03 bits per heavy atom. The van der Waals surface area contributed by atoms with E-state index in [-0.39, 0.29) is 36.7 Å². The minimum absolute atomic E-state index is 0.0311. The number of hydrogen-bond donors (Lipinski definition) is 2. The van der Waals surface area contributed by atoms with Crippen molar-refractivity contribution in [1.82, 2.24) is 5.32 Å². The summed E-state index contributed by atoms with van der Waals surface area (Å²) in [6.45, 7) is 9.07. The second-order valence-corrected chi connectivity index (χ2v) is 8.30. The van der Waals surface area contributed by atoms with Crippen LogP contribution in [0.5, 0.6) is 0 Å². The van der Waals surface area contributed by atoms with Crippen molar-refractivity contribution in [1.29, 1.82) is 0 Å². The predicted molar refractivity (Wildman–Crippen MR) is 115 cm³/mol. The highest BCUT2D eigenvalue weighted by molar-refractivity contribution is 6.43. The molecule has 0 aliphatic rings. The van der Waals surface area contributed by atoms with E-state index >= 15 is 0 Å². The quantitative estimate of drug-likeness (QED) is 0.192. The van der Waals surface area contributed by atoms with Crippen LogP contribution in [0.25, 0.3) is 0 Å². The molecule has 0 saturated heterocycles. The van der Waals surface area contributed by atoms with Crippen LogP contribution in [-0.4, -0.2) is 48.7 Å². The summed E-state index contributed by atoms with van der Waals surface area (Å²) < 4.78 is 14.2. The van der Waals surface area contributed by atoms with Crippen molar-refractivity contribution in [3.8, 4) is 0 Å². The summed E-state index contributed by atoms with van der Waals surface area (Å²) in [5.41, 5.74) is -0.659. The van der Waals surface area contributed by atoms with Crippen LogP contribution in [0.15, 0.2) is 24.3 Å². The molecule has 0 unspecified atom stereocenters. The van der Waals surface area contributed by atoms with Gasteiger partial charge in [-0.25, -0.2) is 14.4 Å². The molecular weight excluding hydrogens is 420 g/mol. The zero-order valence-electron chi connectivity index (χ0n) is 19.0. The van der Waals surface area contributed by atoms with Crippen LogP contribution in [0.4, 0.5) is 15.3 Å². The van der Waals surface area contributed by atoms with Gasteiger partial charge < -0.3 is 24.8 Å². The summed E-state index contributed by atoms with van der Waals surface area (Å²) in [6, 6.07) is 5.83. The number of ketones is 1. The molecule has 1 aromatic carbocycles. The molecule has 1 rings (SSSR count). The molecule has 0 bridgehead atoms. The van der Waals surface area contributed by atoms with Crippen LogP contribution < -0.4 is 10.6 Å². The molecule has 32 heavy (non-hydrogen) atoms. The number of benzene rings is 1. The lowest BCUT2D eigenvalue weighted by atomic mass is 10.1. The van der Waals surface area contributed by atoms with Crippen LogP contribution in [0.2, 0.25) is 0 Å². The van der Waals surface area contributed by atoms with E-state index in [0.29, 0.717) is 6.42 Å². The van der Waals surface area contributed by atoms with Crippen LogP contribution in [-0.2, 0) is 23.8 Å². The van der Waals surface area contributed by atoms with Gasteiger partial charge >= 0.3 is 18.2 Å². The van der Waals surface area contributed by atoms with Gasteiger partial charge in [0.1, 0.15) is 5.60 Å². The van der Waals surface area contributed by atoms with Crippen molar-refractivity contribution >= 4 is 35.6 Å². The summed E-state index contributed by atoms with van der Waals surface area (Å²) in [7, 11) is 0. The number of esters is 1. The molecule has 2 amide bonds. The average molecular weight is 450 g/mol. The second-order valence-electron chi connectivity index (χ2n) is 8.30. The summed E-state index contributed by atoms with van der Waals surface area (Å²) in [6.07, 6.45) is -1.48. The van der Waals surface area contributed by atoms with Gasteiger partial charge in [-0.2, -0.15) is 0 Å². The lowest BCUT2D eigenvalue weighted by Gasteiger charge is -2.19. The number of carbonyl (C=O) groups is 5. The molecule has 0 heterocycles. The third-order valence-corrected chi connectivity index (χ3v) is 3.59. The van der Waals surface area contributed by atoms with E-state index in [1.165, 1.54) is 18.2 Å². The van der Waals surface area contributed by atoms with Gasteiger partial charge in [-0.3, -0.25) is 9.59 Å². The van der Waals surface area contributed by atoms with E-state index < -0.39 is 35.5 Å². The highest BCUT2D eigenvalue weighted by atomic mass is 16.7. The maximum atomic E-state index is 12.4. The number of rotatable bonds is 9. The molecular formula is C22H30N2O8. The van der Waals surface area contributed by atoms with Gasteiger partial charge in [-0.1, -0.05) is 26.0 Å². The standard InChI is InChI=1S/C22H30N2O8/c1-14(2)13-30-21(29)31-19(27)18(26)15-9-6-7-10-16(15)24-17(25)11-8-12-23-20(28)32-22(3,4)5/h6-7,9-10,14H,8,11-13H2,1-5H3,(H,23,28)(H,24,25). The predicted octanol–water partition coefficient (Wildman–Crippen LogP) is 3.45. The molecule has 0 aromatic heterocycles. The highest BCUT2D eigenvalue weighted by Crippen LogP contribution is 2.17. The number of para-hydroxylation sites is 1. The van der Waals surface area contributed by atoms with Gasteiger partial charge in [0.2, 0.25) is 5.91 Å². The summed E-state index contributed by atoms with van der Waals surface area (Å²) in [5.74, 6) is -2.92. The molecule has 10 heteroatoms. The van der Waals surface area contributed by atoms with Gasteiger partial charge in [0.15, 0.2) is 0 Å². The van der Waals surface area contributed by atoms with Crippen LogP contribution in [0, 0.1) is 5.92 Å². The van der Waals surface area contributed by atoms with Gasteiger partial charge in [0, 0.05) is 13.0 Å². The Bertz CT molecular complexity index is 843. The Kier molecular flexibility index (Phi) is 10.3. The Labute approximate surface area is 187 Å². The number of carbonyl (C=O) groups excluding carboxylic acids is 5. The largest absolute Gasteiger partial charge is 0.516 e. The normalized spacial score (nSPS) is 10.8. The van der Waals surface area contributed by atoms with E-state index in [2.05, 4.69) is 15.4 Å². The van der Waals surface area contributed by atoms with E-state index in [0.717, 1.165) is 0 Å². The van der Waals surface area contributed by atoms with Gasteiger partial charge in [0.25, 0.3) is 5.78 Å². The smallest absolute Gasteiger partial charge is 0.444 e. The van der Waals surface area contributed by atoms with Crippen LogP contribution in [0.3, 0.4) is 0 Å². The number of nitrogens with one attached hydrogen (secondary N) is 2. The Hall–Kier alpha value is -3.43. The molecule has 2 N–H and O–H groups in total. The fourth-order valence-corrected chi connectivity index (χ4v) is 2.25. The zero-order chi connectivity index (χ0) is 24.3. The third-order valence-electron chi connectivity index (χ3n) is 3.59. The molecule has 176 valence electrons. The maximum absolute atomic E-state index is 12.4. The average Bonchev–Trinajstić information content (AvgIpc) is 2.68. The SMILES string of the molecule is CC(C)COC(=O)OC(=O)C(=O)c1ccccc1NC(=O)CCCNC(=O)OC(C)(C)C. The first kappa shape index (κ1) is 26.6. The van der Waals surface area contributed by atoms with Crippen molar-refractivity contribution in [2.24, 2.45) is 5.92 Å².